The monoisotopic (exact) mass is 979 g/mol. The van der Waals surface area contributed by atoms with E-state index in [-0.39, 0.29) is 31.1 Å². The van der Waals surface area contributed by atoms with Crippen molar-refractivity contribution in [3.8, 4) is 0 Å². The molecule has 0 aromatic carbocycles. The van der Waals surface area contributed by atoms with E-state index in [2.05, 4.69) is 81.5 Å². The number of carbonyl (C=O) groups excluding carboxylic acids is 3. The highest BCUT2D eigenvalue weighted by atomic mass is 16.6. The molecule has 0 saturated carbocycles. The van der Waals surface area contributed by atoms with Crippen LogP contribution in [0.5, 0.6) is 0 Å². The summed E-state index contributed by atoms with van der Waals surface area (Å²) in [4.78, 5) is 38.2. The lowest BCUT2D eigenvalue weighted by Gasteiger charge is -2.18. The largest absolute Gasteiger partial charge is 0.462 e. The Morgan fingerprint density at radius 1 is 0.286 bits per heavy atom. The number of ether oxygens (including phenoxy) is 3. The molecule has 0 aliphatic rings. The van der Waals surface area contributed by atoms with Crippen LogP contribution >= 0.6 is 0 Å². The highest BCUT2D eigenvalue weighted by Gasteiger charge is 2.19. The van der Waals surface area contributed by atoms with E-state index in [0.29, 0.717) is 19.3 Å². The van der Waals surface area contributed by atoms with Crippen LogP contribution in [0.3, 0.4) is 0 Å². The van der Waals surface area contributed by atoms with Crippen LogP contribution in [0.15, 0.2) is 60.8 Å². The van der Waals surface area contributed by atoms with Gasteiger partial charge in [0.2, 0.25) is 0 Å². The van der Waals surface area contributed by atoms with Crippen LogP contribution in [-0.4, -0.2) is 37.2 Å². The Morgan fingerprint density at radius 3 is 0.829 bits per heavy atom. The zero-order valence-electron chi connectivity index (χ0n) is 46.5. The second kappa shape index (κ2) is 58.7. The number of esters is 3. The summed E-state index contributed by atoms with van der Waals surface area (Å²) >= 11 is 0. The Balaban J connectivity index is 4.38. The van der Waals surface area contributed by atoms with E-state index in [9.17, 15) is 14.4 Å². The molecule has 0 heterocycles. The number of allylic oxidation sites excluding steroid dienone is 10. The van der Waals surface area contributed by atoms with Crippen molar-refractivity contribution in [2.24, 2.45) is 0 Å². The molecular formula is C64H114O6. The maximum absolute atomic E-state index is 12.9. The van der Waals surface area contributed by atoms with Gasteiger partial charge in [0.05, 0.1) is 0 Å². The van der Waals surface area contributed by atoms with Crippen LogP contribution in [0, 0.1) is 0 Å². The van der Waals surface area contributed by atoms with Crippen molar-refractivity contribution >= 4 is 17.9 Å². The Bertz CT molecular complexity index is 1260. The van der Waals surface area contributed by atoms with Gasteiger partial charge in [0, 0.05) is 19.3 Å². The number of rotatable bonds is 55. The minimum absolute atomic E-state index is 0.0774. The van der Waals surface area contributed by atoms with Crippen molar-refractivity contribution < 1.29 is 28.6 Å². The maximum Gasteiger partial charge on any atom is 0.306 e. The predicted molar refractivity (Wildman–Crippen MR) is 302 cm³/mol. The third-order valence-corrected chi connectivity index (χ3v) is 13.2. The molecule has 0 saturated heterocycles. The smallest absolute Gasteiger partial charge is 0.306 e. The van der Waals surface area contributed by atoms with Crippen molar-refractivity contribution in [1.29, 1.82) is 0 Å². The van der Waals surface area contributed by atoms with Gasteiger partial charge in [-0.25, -0.2) is 0 Å². The summed E-state index contributed by atoms with van der Waals surface area (Å²) in [5, 5.41) is 0. The Hall–Kier alpha value is -2.89. The highest BCUT2D eigenvalue weighted by molar-refractivity contribution is 5.71. The second-order valence-corrected chi connectivity index (χ2v) is 20.3. The van der Waals surface area contributed by atoms with E-state index in [4.69, 9.17) is 14.2 Å². The summed E-state index contributed by atoms with van der Waals surface area (Å²) in [6.07, 6.45) is 73.5. The third-order valence-electron chi connectivity index (χ3n) is 13.2. The molecule has 0 aliphatic carbocycles. The molecule has 406 valence electrons. The number of hydrogen-bond donors (Lipinski definition) is 0. The van der Waals surface area contributed by atoms with Gasteiger partial charge in [0.25, 0.3) is 0 Å². The van der Waals surface area contributed by atoms with E-state index in [1.165, 1.54) is 186 Å². The molecule has 0 unspecified atom stereocenters. The van der Waals surface area contributed by atoms with E-state index in [1.54, 1.807) is 0 Å². The molecule has 0 aromatic rings. The summed E-state index contributed by atoms with van der Waals surface area (Å²) in [7, 11) is 0. The molecule has 0 aliphatic heterocycles. The second-order valence-electron chi connectivity index (χ2n) is 20.3. The minimum Gasteiger partial charge on any atom is -0.462 e. The van der Waals surface area contributed by atoms with Crippen LogP contribution in [0.25, 0.3) is 0 Å². The standard InChI is InChI=1S/C64H114O6/c1-4-7-10-13-16-19-22-25-28-30-32-34-36-39-42-45-48-51-54-57-63(66)69-60-61(59-68-62(65)56-53-50-47-44-41-38-27-24-21-18-15-12-9-6-3)70-64(67)58-55-52-49-46-43-40-37-35-33-31-29-26-23-20-17-14-11-8-5-2/h16-17,19-20,25-26,28-29,32,34,61H,4-15,18,21-24,27,30-31,33,35-60H2,1-3H3/b19-16-,20-17-,28-25-,29-26-,34-32-/t61-/m1/s1. The van der Waals surface area contributed by atoms with Gasteiger partial charge in [-0.1, -0.05) is 261 Å². The molecular weight excluding hydrogens is 865 g/mol. The molecule has 70 heavy (non-hydrogen) atoms. The fraction of sp³-hybridized carbons (Fsp3) is 0.797. The van der Waals surface area contributed by atoms with Crippen LogP contribution in [-0.2, 0) is 28.6 Å². The quantitative estimate of drug-likeness (QED) is 0.0261. The maximum atomic E-state index is 12.9. The van der Waals surface area contributed by atoms with Crippen LogP contribution < -0.4 is 0 Å². The molecule has 0 fully saturated rings. The molecule has 0 bridgehead atoms. The van der Waals surface area contributed by atoms with Crippen molar-refractivity contribution in [3.63, 3.8) is 0 Å². The molecule has 0 N–H and O–H groups in total. The lowest BCUT2D eigenvalue weighted by atomic mass is 10.0. The summed E-state index contributed by atoms with van der Waals surface area (Å²) in [6, 6.07) is 0. The first-order chi connectivity index (χ1) is 34.5. The van der Waals surface area contributed by atoms with E-state index in [1.807, 2.05) is 0 Å². The van der Waals surface area contributed by atoms with Gasteiger partial charge in [-0.05, 0) is 89.9 Å². The van der Waals surface area contributed by atoms with Gasteiger partial charge in [0.1, 0.15) is 13.2 Å². The molecule has 0 radical (unpaired) electrons. The average Bonchev–Trinajstić information content (AvgIpc) is 3.36. The zero-order chi connectivity index (χ0) is 50.7. The predicted octanol–water partition coefficient (Wildman–Crippen LogP) is 20.4. The van der Waals surface area contributed by atoms with Gasteiger partial charge in [-0.15, -0.1) is 0 Å². The molecule has 1 atom stereocenters. The normalized spacial score (nSPS) is 12.4. The first-order valence-corrected chi connectivity index (χ1v) is 30.3. The van der Waals surface area contributed by atoms with E-state index >= 15 is 0 Å². The van der Waals surface area contributed by atoms with E-state index < -0.39 is 6.10 Å². The van der Waals surface area contributed by atoms with Crippen molar-refractivity contribution in [2.75, 3.05) is 13.2 Å². The Labute approximate surface area is 434 Å². The molecule has 6 nitrogen and oxygen atoms in total. The van der Waals surface area contributed by atoms with Crippen LogP contribution in [0.1, 0.15) is 310 Å². The average molecular weight is 980 g/mol. The van der Waals surface area contributed by atoms with Gasteiger partial charge in [0.15, 0.2) is 6.10 Å². The Kier molecular flexibility index (Phi) is 56.3. The summed E-state index contributed by atoms with van der Waals surface area (Å²) in [6.45, 7) is 6.61. The number of carbonyl (C=O) groups is 3. The molecule has 0 spiro atoms. The van der Waals surface area contributed by atoms with Gasteiger partial charge in [-0.3, -0.25) is 14.4 Å². The molecule has 0 amide bonds. The fourth-order valence-electron chi connectivity index (χ4n) is 8.66. The first-order valence-electron chi connectivity index (χ1n) is 30.3. The van der Waals surface area contributed by atoms with Crippen LogP contribution in [0.2, 0.25) is 0 Å². The lowest BCUT2D eigenvalue weighted by molar-refractivity contribution is -0.167. The highest BCUT2D eigenvalue weighted by Crippen LogP contribution is 2.16. The zero-order valence-corrected chi connectivity index (χ0v) is 46.5. The lowest BCUT2D eigenvalue weighted by Crippen LogP contribution is -2.30. The number of unbranched alkanes of at least 4 members (excludes halogenated alkanes) is 34. The van der Waals surface area contributed by atoms with Crippen molar-refractivity contribution in [3.05, 3.63) is 60.8 Å². The Morgan fingerprint density at radius 2 is 0.514 bits per heavy atom. The molecule has 6 heteroatoms. The molecule has 0 aromatic heterocycles. The summed E-state index contributed by atoms with van der Waals surface area (Å²) in [5.41, 5.74) is 0. The topological polar surface area (TPSA) is 78.9 Å². The third kappa shape index (κ3) is 56.0. The van der Waals surface area contributed by atoms with Gasteiger partial charge in [-0.2, -0.15) is 0 Å². The SMILES string of the molecule is CCCCC/C=C\C/C=C\C/C=C\CCCCCCCCC(=O)OC[C@@H](COC(=O)CCCCCCCCCCCCCCCC)OC(=O)CCCCCCCCCCC/C=C\C/C=C\CCCCC. The summed E-state index contributed by atoms with van der Waals surface area (Å²) < 4.78 is 16.9. The van der Waals surface area contributed by atoms with E-state index in [0.717, 1.165) is 83.5 Å². The van der Waals surface area contributed by atoms with Crippen LogP contribution in [0.4, 0.5) is 0 Å². The first kappa shape index (κ1) is 67.1. The number of hydrogen-bond acceptors (Lipinski definition) is 6. The molecule has 0 rings (SSSR count). The summed E-state index contributed by atoms with van der Waals surface area (Å²) in [5.74, 6) is -0.880. The van der Waals surface area contributed by atoms with Crippen molar-refractivity contribution in [2.45, 2.75) is 316 Å². The van der Waals surface area contributed by atoms with Gasteiger partial charge < -0.3 is 14.2 Å². The van der Waals surface area contributed by atoms with Crippen molar-refractivity contribution in [1.82, 2.24) is 0 Å². The fourth-order valence-corrected chi connectivity index (χ4v) is 8.66. The minimum atomic E-state index is -0.781. The van der Waals surface area contributed by atoms with Gasteiger partial charge >= 0.3 is 17.9 Å².